The third-order valence-electron chi connectivity index (χ3n) is 2.59. The van der Waals surface area contributed by atoms with E-state index >= 15 is 0 Å². The number of hydrogen-bond acceptors (Lipinski definition) is 2. The summed E-state index contributed by atoms with van der Waals surface area (Å²) >= 11 is 0. The number of carbonyl (C=O) groups is 1. The average Bonchev–Trinajstić information content (AvgIpc) is 2.29. The van der Waals surface area contributed by atoms with E-state index in [1.165, 1.54) is 44.9 Å². The zero-order valence-corrected chi connectivity index (χ0v) is 11.8. The van der Waals surface area contributed by atoms with E-state index in [9.17, 15) is 9.90 Å². The maximum Gasteiger partial charge on any atom is 0.0739 e. The van der Waals surface area contributed by atoms with E-state index < -0.39 is 5.97 Å². The molecule has 0 amide bonds. The summed E-state index contributed by atoms with van der Waals surface area (Å²) in [5, 5.41) is 10.0. The molecule has 0 spiro atoms. The van der Waals surface area contributed by atoms with Crippen molar-refractivity contribution >= 4 is 5.97 Å². The van der Waals surface area contributed by atoms with E-state index in [1.807, 2.05) is 0 Å². The molecule has 0 heterocycles. The van der Waals surface area contributed by atoms with Crippen molar-refractivity contribution in [3.8, 4) is 0 Å². The first-order valence-electron chi connectivity index (χ1n) is 7.18. The lowest BCUT2D eigenvalue weighted by Gasteiger charge is -2.01. The maximum absolute atomic E-state index is 10.0. The van der Waals surface area contributed by atoms with Gasteiger partial charge in [-0.2, -0.15) is 0 Å². The molecule has 0 aromatic rings. The number of carboxylic acids is 1. The molecule has 17 heavy (non-hydrogen) atoms. The van der Waals surface area contributed by atoms with E-state index in [0.717, 1.165) is 19.4 Å². The molecule has 0 aromatic heterocycles. The fourth-order valence-electron chi connectivity index (χ4n) is 1.48. The lowest BCUT2D eigenvalue weighted by Crippen LogP contribution is -2.49. The summed E-state index contributed by atoms with van der Waals surface area (Å²) in [7, 11) is 0. The first-order valence-corrected chi connectivity index (χ1v) is 7.18. The fraction of sp³-hybridized carbons (Fsp3) is 0.929. The minimum atomic E-state index is -0.913. The van der Waals surface area contributed by atoms with Gasteiger partial charge < -0.3 is 15.6 Å². The number of carbonyl (C=O) groups excluding carboxylic acids is 1. The summed E-state index contributed by atoms with van der Waals surface area (Å²) in [6, 6.07) is 0. The highest BCUT2D eigenvalue weighted by Gasteiger charge is 1.90. The van der Waals surface area contributed by atoms with Crippen LogP contribution in [-0.4, -0.2) is 12.5 Å². The van der Waals surface area contributed by atoms with Gasteiger partial charge >= 0.3 is 0 Å². The van der Waals surface area contributed by atoms with Gasteiger partial charge in [-0.05, 0) is 19.3 Å². The van der Waals surface area contributed by atoms with Crippen molar-refractivity contribution < 1.29 is 15.6 Å². The Hall–Kier alpha value is -0.570. The van der Waals surface area contributed by atoms with Crippen LogP contribution in [0.15, 0.2) is 0 Å². The van der Waals surface area contributed by atoms with Gasteiger partial charge in [-0.3, -0.25) is 0 Å². The van der Waals surface area contributed by atoms with Gasteiger partial charge in [-0.15, -0.1) is 0 Å². The van der Waals surface area contributed by atoms with Gasteiger partial charge in [-0.25, -0.2) is 0 Å². The second-order valence-corrected chi connectivity index (χ2v) is 4.45. The van der Waals surface area contributed by atoms with Crippen molar-refractivity contribution in [2.45, 2.75) is 78.1 Å². The molecule has 3 heteroatoms. The number of aliphatic carboxylic acids is 1. The zero-order valence-electron chi connectivity index (χ0n) is 11.8. The predicted octanol–water partition coefficient (Wildman–Crippen LogP) is 1.91. The SMILES string of the molecule is CCCCCCCCCC(=O)[O-].CCCC[NH3+]. The van der Waals surface area contributed by atoms with Crippen molar-refractivity contribution in [3.63, 3.8) is 0 Å². The second kappa shape index (κ2) is 17.8. The van der Waals surface area contributed by atoms with E-state index in [2.05, 4.69) is 19.6 Å². The normalized spacial score (nSPS) is 9.59. The molecule has 0 aliphatic rings. The van der Waals surface area contributed by atoms with Crippen LogP contribution in [0.25, 0.3) is 0 Å². The van der Waals surface area contributed by atoms with Gasteiger partial charge in [0.15, 0.2) is 0 Å². The molecule has 0 aliphatic carbocycles. The largest absolute Gasteiger partial charge is 0.550 e. The molecule has 0 saturated heterocycles. The third kappa shape index (κ3) is 25.6. The number of hydrogen-bond donors (Lipinski definition) is 1. The molecule has 0 aromatic carbocycles. The van der Waals surface area contributed by atoms with Crippen molar-refractivity contribution in [2.75, 3.05) is 6.54 Å². The third-order valence-corrected chi connectivity index (χ3v) is 2.59. The topological polar surface area (TPSA) is 67.8 Å². The monoisotopic (exact) mass is 245 g/mol. The summed E-state index contributed by atoms with van der Waals surface area (Å²) in [4.78, 5) is 10.0. The maximum atomic E-state index is 10.0. The highest BCUT2D eigenvalue weighted by Crippen LogP contribution is 2.07. The molecule has 104 valence electrons. The van der Waals surface area contributed by atoms with Crippen molar-refractivity contribution in [1.82, 2.24) is 0 Å². The highest BCUT2D eigenvalue weighted by atomic mass is 16.4. The lowest BCUT2D eigenvalue weighted by atomic mass is 10.1. The molecule has 0 aliphatic heterocycles. The number of carboxylic acid groups (broad SMARTS) is 1. The Morgan fingerprint density at radius 1 is 0.882 bits per heavy atom. The van der Waals surface area contributed by atoms with Crippen LogP contribution in [0.3, 0.4) is 0 Å². The number of quaternary nitrogens is 1. The van der Waals surface area contributed by atoms with Gasteiger partial charge in [0.1, 0.15) is 0 Å². The Labute approximate surface area is 107 Å². The molecule has 0 atom stereocenters. The summed E-state index contributed by atoms with van der Waals surface area (Å²) in [6.07, 6.45) is 10.9. The minimum Gasteiger partial charge on any atom is -0.550 e. The molecule has 0 radical (unpaired) electrons. The lowest BCUT2D eigenvalue weighted by molar-refractivity contribution is -0.368. The van der Waals surface area contributed by atoms with Gasteiger partial charge in [0.05, 0.1) is 6.54 Å². The van der Waals surface area contributed by atoms with E-state index in [-0.39, 0.29) is 6.42 Å². The molecule has 0 unspecified atom stereocenters. The standard InChI is InChI=1S/C10H20O2.C4H11N/c1-2-3-4-5-6-7-8-9-10(11)12;1-2-3-4-5/h2-9H2,1H3,(H,11,12);2-5H2,1H3. The average molecular weight is 245 g/mol. The molecule has 0 rings (SSSR count). The van der Waals surface area contributed by atoms with Crippen molar-refractivity contribution in [1.29, 1.82) is 0 Å². The highest BCUT2D eigenvalue weighted by molar-refractivity contribution is 5.63. The van der Waals surface area contributed by atoms with Crippen LogP contribution in [0.2, 0.25) is 0 Å². The fourth-order valence-corrected chi connectivity index (χ4v) is 1.48. The quantitative estimate of drug-likeness (QED) is 0.597. The Balaban J connectivity index is 0. The minimum absolute atomic E-state index is 0.230. The molecule has 0 bridgehead atoms. The smallest absolute Gasteiger partial charge is 0.0739 e. The Morgan fingerprint density at radius 2 is 1.35 bits per heavy atom. The number of unbranched alkanes of at least 4 members (excludes halogenated alkanes) is 7. The molecule has 0 fully saturated rings. The van der Waals surface area contributed by atoms with Crippen molar-refractivity contribution in [3.05, 3.63) is 0 Å². The number of rotatable bonds is 10. The van der Waals surface area contributed by atoms with Crippen LogP contribution >= 0.6 is 0 Å². The van der Waals surface area contributed by atoms with E-state index in [0.29, 0.717) is 0 Å². The van der Waals surface area contributed by atoms with Crippen LogP contribution in [0.4, 0.5) is 0 Å². The first-order chi connectivity index (χ1) is 8.18. The molecular weight excluding hydrogens is 214 g/mol. The molecular formula is C14H31NO2. The van der Waals surface area contributed by atoms with E-state index in [4.69, 9.17) is 0 Å². The predicted molar refractivity (Wildman–Crippen MR) is 70.3 cm³/mol. The Kier molecular flexibility index (Phi) is 19.7. The Bertz CT molecular complexity index is 147. The molecule has 3 nitrogen and oxygen atoms in total. The zero-order chi connectivity index (χ0) is 13.4. The van der Waals surface area contributed by atoms with Crippen LogP contribution in [0, 0.1) is 0 Å². The van der Waals surface area contributed by atoms with Gasteiger partial charge in [0, 0.05) is 5.97 Å². The summed E-state index contributed by atoms with van der Waals surface area (Å²) in [5.74, 6) is -0.913. The van der Waals surface area contributed by atoms with Crippen LogP contribution in [0.5, 0.6) is 0 Å². The summed E-state index contributed by atoms with van der Waals surface area (Å²) < 4.78 is 0. The Morgan fingerprint density at radius 3 is 1.71 bits per heavy atom. The first kappa shape index (κ1) is 18.8. The van der Waals surface area contributed by atoms with Gasteiger partial charge in [-0.1, -0.05) is 58.8 Å². The molecule has 0 saturated carbocycles. The van der Waals surface area contributed by atoms with Crippen LogP contribution in [0.1, 0.15) is 78.1 Å². The molecule has 3 N–H and O–H groups in total. The van der Waals surface area contributed by atoms with Crippen LogP contribution in [-0.2, 0) is 4.79 Å². The summed E-state index contributed by atoms with van der Waals surface area (Å²) in [5.41, 5.74) is 3.68. The van der Waals surface area contributed by atoms with Crippen molar-refractivity contribution in [2.24, 2.45) is 0 Å². The van der Waals surface area contributed by atoms with Gasteiger partial charge in [0.2, 0.25) is 0 Å². The van der Waals surface area contributed by atoms with E-state index in [1.54, 1.807) is 0 Å². The summed E-state index contributed by atoms with van der Waals surface area (Å²) in [6.45, 7) is 5.46. The second-order valence-electron chi connectivity index (χ2n) is 4.45. The van der Waals surface area contributed by atoms with Crippen LogP contribution < -0.4 is 10.8 Å². The van der Waals surface area contributed by atoms with Gasteiger partial charge in [0.25, 0.3) is 0 Å².